The molecule has 3 aromatic rings. The SMILES string of the molecule is COc1cccc2c(C)cc(-n3ncc(C#N)c3NC(=O)OCCCl)nc12. The molecule has 0 radical (unpaired) electrons. The molecule has 0 aliphatic carbocycles. The molecule has 0 aliphatic rings. The number of hydrogen-bond acceptors (Lipinski definition) is 6. The molecular weight excluding hydrogens is 370 g/mol. The Morgan fingerprint density at radius 2 is 2.26 bits per heavy atom. The van der Waals surface area contributed by atoms with Crippen molar-refractivity contribution >= 4 is 34.4 Å². The number of alkyl halides is 1. The highest BCUT2D eigenvalue weighted by Crippen LogP contribution is 2.29. The average molecular weight is 386 g/mol. The number of nitriles is 1. The van der Waals surface area contributed by atoms with Gasteiger partial charge in [0.15, 0.2) is 11.6 Å². The van der Waals surface area contributed by atoms with E-state index >= 15 is 0 Å². The molecule has 0 unspecified atom stereocenters. The van der Waals surface area contributed by atoms with Gasteiger partial charge in [-0.1, -0.05) is 12.1 Å². The van der Waals surface area contributed by atoms with Gasteiger partial charge in [0.25, 0.3) is 0 Å². The molecule has 0 saturated carbocycles. The van der Waals surface area contributed by atoms with Crippen molar-refractivity contribution in [3.63, 3.8) is 0 Å². The highest BCUT2D eigenvalue weighted by atomic mass is 35.5. The molecule has 2 heterocycles. The lowest BCUT2D eigenvalue weighted by atomic mass is 10.1. The van der Waals surface area contributed by atoms with Crippen molar-refractivity contribution in [2.24, 2.45) is 0 Å². The van der Waals surface area contributed by atoms with Crippen molar-refractivity contribution in [1.29, 1.82) is 5.26 Å². The average Bonchev–Trinajstić information content (AvgIpc) is 3.08. The number of hydrogen-bond donors (Lipinski definition) is 1. The van der Waals surface area contributed by atoms with E-state index in [1.165, 1.54) is 10.9 Å². The summed E-state index contributed by atoms with van der Waals surface area (Å²) in [5.41, 5.74) is 1.77. The van der Waals surface area contributed by atoms with Gasteiger partial charge in [-0.3, -0.25) is 5.32 Å². The lowest BCUT2D eigenvalue weighted by Gasteiger charge is -2.12. The molecule has 0 bridgehead atoms. The molecule has 0 aliphatic heterocycles. The number of carbonyl (C=O) groups is 1. The number of amides is 1. The fourth-order valence-electron chi connectivity index (χ4n) is 2.64. The second-order valence-electron chi connectivity index (χ2n) is 5.53. The maximum atomic E-state index is 11.9. The first-order valence-electron chi connectivity index (χ1n) is 8.01. The Bertz CT molecular complexity index is 1040. The Balaban J connectivity index is 2.10. The first-order chi connectivity index (χ1) is 13.1. The lowest BCUT2D eigenvalue weighted by molar-refractivity contribution is 0.168. The summed E-state index contributed by atoms with van der Waals surface area (Å²) in [6.07, 6.45) is 0.615. The minimum Gasteiger partial charge on any atom is -0.494 e. The van der Waals surface area contributed by atoms with Crippen molar-refractivity contribution < 1.29 is 14.3 Å². The molecule has 8 nitrogen and oxygen atoms in total. The van der Waals surface area contributed by atoms with Crippen molar-refractivity contribution in [3.05, 3.63) is 41.6 Å². The standard InChI is InChI=1S/C18H16ClN5O3/c1-11-8-15(22-16-13(11)4-3-5-14(16)26-2)24-17(12(9-20)10-21-24)23-18(25)27-7-6-19/h3-5,8,10H,6-7H2,1-2H3,(H,23,25). The molecule has 1 amide bonds. The van der Waals surface area contributed by atoms with Gasteiger partial charge in [-0.2, -0.15) is 15.0 Å². The molecule has 9 heteroatoms. The summed E-state index contributed by atoms with van der Waals surface area (Å²) in [6, 6.07) is 9.44. The number of anilines is 1. The number of para-hydroxylation sites is 1. The Kier molecular flexibility index (Phi) is 5.43. The fraction of sp³-hybridized carbons (Fsp3) is 0.222. The van der Waals surface area contributed by atoms with Crippen LogP contribution in [0.15, 0.2) is 30.5 Å². The summed E-state index contributed by atoms with van der Waals surface area (Å²) >= 11 is 5.52. The Hall–Kier alpha value is -3.31. The van der Waals surface area contributed by atoms with Gasteiger partial charge in [0.1, 0.15) is 29.5 Å². The first-order valence-corrected chi connectivity index (χ1v) is 8.55. The maximum absolute atomic E-state index is 11.9. The number of nitrogens with one attached hydrogen (secondary N) is 1. The molecule has 0 spiro atoms. The van der Waals surface area contributed by atoms with Crippen molar-refractivity contribution in [2.45, 2.75) is 6.92 Å². The van der Waals surface area contributed by atoms with Crippen LogP contribution >= 0.6 is 11.6 Å². The predicted octanol–water partition coefficient (Wildman–Crippen LogP) is 3.40. The number of rotatable bonds is 5. The zero-order valence-corrected chi connectivity index (χ0v) is 15.4. The summed E-state index contributed by atoms with van der Waals surface area (Å²) in [5, 5.41) is 17.0. The molecule has 1 aromatic carbocycles. The Morgan fingerprint density at radius 3 is 2.96 bits per heavy atom. The van der Waals surface area contributed by atoms with E-state index in [-0.39, 0.29) is 23.9 Å². The van der Waals surface area contributed by atoms with Crippen LogP contribution < -0.4 is 10.1 Å². The summed E-state index contributed by atoms with van der Waals surface area (Å²) < 4.78 is 11.7. The van der Waals surface area contributed by atoms with Gasteiger partial charge in [0.05, 0.1) is 19.2 Å². The number of pyridine rings is 1. The number of carbonyl (C=O) groups excluding carboxylic acids is 1. The van der Waals surface area contributed by atoms with E-state index in [0.29, 0.717) is 17.1 Å². The number of aryl methyl sites for hydroxylation is 1. The molecule has 2 aromatic heterocycles. The Morgan fingerprint density at radius 1 is 1.44 bits per heavy atom. The lowest BCUT2D eigenvalue weighted by Crippen LogP contribution is -2.18. The van der Waals surface area contributed by atoms with Crippen LogP contribution in [0.5, 0.6) is 5.75 Å². The van der Waals surface area contributed by atoms with Crippen LogP contribution in [0, 0.1) is 18.3 Å². The number of nitrogens with zero attached hydrogens (tertiary/aromatic N) is 4. The maximum Gasteiger partial charge on any atom is 0.412 e. The zero-order valence-electron chi connectivity index (χ0n) is 14.7. The van der Waals surface area contributed by atoms with Crippen LogP contribution in [0.25, 0.3) is 16.7 Å². The van der Waals surface area contributed by atoms with E-state index in [2.05, 4.69) is 15.4 Å². The topological polar surface area (TPSA) is 102 Å². The fourth-order valence-corrected chi connectivity index (χ4v) is 2.71. The van der Waals surface area contributed by atoms with E-state index in [1.54, 1.807) is 7.11 Å². The highest BCUT2D eigenvalue weighted by molar-refractivity contribution is 6.18. The van der Waals surface area contributed by atoms with E-state index in [9.17, 15) is 10.1 Å². The molecule has 3 rings (SSSR count). The largest absolute Gasteiger partial charge is 0.494 e. The van der Waals surface area contributed by atoms with E-state index < -0.39 is 6.09 Å². The van der Waals surface area contributed by atoms with Crippen LogP contribution in [0.4, 0.5) is 10.6 Å². The van der Waals surface area contributed by atoms with Crippen molar-refractivity contribution in [2.75, 3.05) is 24.9 Å². The summed E-state index contributed by atoms with van der Waals surface area (Å²) in [5.74, 6) is 1.38. The van der Waals surface area contributed by atoms with Gasteiger partial charge >= 0.3 is 6.09 Å². The van der Waals surface area contributed by atoms with Crippen LogP contribution in [-0.4, -0.2) is 40.5 Å². The third-order valence-corrected chi connectivity index (χ3v) is 4.01. The number of aromatic nitrogens is 3. The Labute approximate surface area is 160 Å². The highest BCUT2D eigenvalue weighted by Gasteiger charge is 2.18. The van der Waals surface area contributed by atoms with E-state index in [4.69, 9.17) is 21.1 Å². The number of fused-ring (bicyclic) bond motifs is 1. The molecule has 1 N–H and O–H groups in total. The quantitative estimate of drug-likeness (QED) is 0.675. The minimum atomic E-state index is -0.732. The van der Waals surface area contributed by atoms with Gasteiger partial charge in [-0.05, 0) is 24.6 Å². The van der Waals surface area contributed by atoms with Crippen LogP contribution in [0.2, 0.25) is 0 Å². The monoisotopic (exact) mass is 385 g/mol. The van der Waals surface area contributed by atoms with Gasteiger partial charge in [-0.15, -0.1) is 11.6 Å². The van der Waals surface area contributed by atoms with Gasteiger partial charge in [-0.25, -0.2) is 9.78 Å². The molecule has 138 valence electrons. The number of halogens is 1. The smallest absolute Gasteiger partial charge is 0.412 e. The second-order valence-corrected chi connectivity index (χ2v) is 5.91. The van der Waals surface area contributed by atoms with E-state index in [1.807, 2.05) is 37.3 Å². The zero-order chi connectivity index (χ0) is 19.4. The van der Waals surface area contributed by atoms with Crippen molar-refractivity contribution in [1.82, 2.24) is 14.8 Å². The summed E-state index contributed by atoms with van der Waals surface area (Å²) in [4.78, 5) is 16.5. The predicted molar refractivity (Wildman–Crippen MR) is 101 cm³/mol. The molecular formula is C18H16ClN5O3. The summed E-state index contributed by atoms with van der Waals surface area (Å²) in [7, 11) is 1.57. The molecule has 0 atom stereocenters. The van der Waals surface area contributed by atoms with Gasteiger partial charge in [0.2, 0.25) is 0 Å². The van der Waals surface area contributed by atoms with Crippen LogP contribution in [0.3, 0.4) is 0 Å². The van der Waals surface area contributed by atoms with Crippen molar-refractivity contribution in [3.8, 4) is 17.6 Å². The van der Waals surface area contributed by atoms with Gasteiger partial charge in [0, 0.05) is 5.39 Å². The van der Waals surface area contributed by atoms with E-state index in [0.717, 1.165) is 10.9 Å². The number of methoxy groups -OCH3 is 1. The third-order valence-electron chi connectivity index (χ3n) is 3.85. The molecule has 27 heavy (non-hydrogen) atoms. The minimum absolute atomic E-state index is 0.0495. The van der Waals surface area contributed by atoms with Crippen LogP contribution in [0.1, 0.15) is 11.1 Å². The molecule has 0 saturated heterocycles. The van der Waals surface area contributed by atoms with Gasteiger partial charge < -0.3 is 9.47 Å². The third kappa shape index (κ3) is 3.64. The summed E-state index contributed by atoms with van der Waals surface area (Å²) in [6.45, 7) is 1.98. The van der Waals surface area contributed by atoms with Crippen LogP contribution in [-0.2, 0) is 4.74 Å². The second kappa shape index (κ2) is 7.93. The molecule has 0 fully saturated rings. The first kappa shape index (κ1) is 18.5. The number of ether oxygens (including phenoxy) is 2. The number of benzene rings is 1. The normalized spacial score (nSPS) is 10.4.